The Hall–Kier alpha value is -2.96. The molecule has 0 saturated heterocycles. The highest BCUT2D eigenvalue weighted by molar-refractivity contribution is 5.77. The first kappa shape index (κ1) is 17.5. The topological polar surface area (TPSA) is 64.2 Å². The minimum atomic E-state index is -0.269. The molecule has 4 rings (SSSR count). The maximum absolute atomic E-state index is 13.4. The summed E-state index contributed by atoms with van der Waals surface area (Å²) in [7, 11) is 0. The van der Waals surface area contributed by atoms with Gasteiger partial charge in [0, 0.05) is 43.4 Å². The molecule has 0 N–H and O–H groups in total. The third kappa shape index (κ3) is 3.37. The van der Waals surface area contributed by atoms with Crippen LogP contribution in [0.3, 0.4) is 0 Å². The van der Waals surface area contributed by atoms with Gasteiger partial charge in [-0.3, -0.25) is 4.79 Å². The molecule has 0 spiro atoms. The summed E-state index contributed by atoms with van der Waals surface area (Å²) in [5.74, 6) is 0.625. The number of benzene rings is 1. The molecule has 0 saturated carbocycles. The van der Waals surface area contributed by atoms with Gasteiger partial charge in [-0.05, 0) is 49.7 Å². The normalized spacial score (nSPS) is 16.4. The number of rotatable bonds is 4. The van der Waals surface area contributed by atoms with E-state index in [-0.39, 0.29) is 17.8 Å². The lowest BCUT2D eigenvalue weighted by Gasteiger charge is -2.35. The van der Waals surface area contributed by atoms with E-state index >= 15 is 0 Å². The smallest absolute Gasteiger partial charge is 0.227 e. The van der Waals surface area contributed by atoms with Gasteiger partial charge in [0.05, 0.1) is 6.04 Å². The highest BCUT2D eigenvalue weighted by atomic mass is 19.1. The van der Waals surface area contributed by atoms with E-state index < -0.39 is 0 Å². The molecule has 1 amide bonds. The van der Waals surface area contributed by atoms with E-state index in [1.54, 1.807) is 19.1 Å². The van der Waals surface area contributed by atoms with Gasteiger partial charge in [0.2, 0.25) is 17.6 Å². The lowest BCUT2D eigenvalue weighted by atomic mass is 10.1. The molecule has 0 unspecified atom stereocenters. The van der Waals surface area contributed by atoms with Crippen LogP contribution in [0.1, 0.15) is 36.5 Å². The molecule has 3 heterocycles. The number of aryl methyl sites for hydroxylation is 2. The SMILES string of the molecule is Cc1cc(-c2noc(CCC(=O)N3CCn4cccc4[C@@H]3C)n2)ccc1F. The van der Waals surface area contributed by atoms with Crippen LogP contribution >= 0.6 is 0 Å². The highest BCUT2D eigenvalue weighted by Crippen LogP contribution is 2.26. The first-order valence-electron chi connectivity index (χ1n) is 9.06. The van der Waals surface area contributed by atoms with Crippen LogP contribution in [-0.2, 0) is 17.8 Å². The quantitative estimate of drug-likeness (QED) is 0.707. The summed E-state index contributed by atoms with van der Waals surface area (Å²) < 4.78 is 20.9. The Bertz CT molecular complexity index is 978. The third-order valence-corrected chi connectivity index (χ3v) is 5.10. The maximum atomic E-state index is 13.4. The van der Waals surface area contributed by atoms with Gasteiger partial charge in [-0.25, -0.2) is 4.39 Å². The fourth-order valence-electron chi connectivity index (χ4n) is 3.53. The second-order valence-corrected chi connectivity index (χ2v) is 6.87. The average molecular weight is 368 g/mol. The summed E-state index contributed by atoms with van der Waals surface area (Å²) in [6.45, 7) is 5.25. The number of aromatic nitrogens is 3. The molecule has 0 bridgehead atoms. The fourth-order valence-corrected chi connectivity index (χ4v) is 3.53. The molecule has 3 aromatic rings. The van der Waals surface area contributed by atoms with Crippen molar-refractivity contribution in [3.8, 4) is 11.4 Å². The van der Waals surface area contributed by atoms with Gasteiger partial charge < -0.3 is 14.0 Å². The number of carbonyl (C=O) groups excluding carboxylic acids is 1. The number of hydrogen-bond donors (Lipinski definition) is 0. The Morgan fingerprint density at radius 3 is 3.00 bits per heavy atom. The summed E-state index contributed by atoms with van der Waals surface area (Å²) >= 11 is 0. The Morgan fingerprint density at radius 2 is 2.19 bits per heavy atom. The first-order valence-corrected chi connectivity index (χ1v) is 9.06. The summed E-state index contributed by atoms with van der Waals surface area (Å²) in [6.07, 6.45) is 2.75. The molecular formula is C20H21FN4O2. The van der Waals surface area contributed by atoms with Crippen LogP contribution in [0.5, 0.6) is 0 Å². The Morgan fingerprint density at radius 1 is 1.33 bits per heavy atom. The second kappa shape index (κ2) is 6.98. The van der Waals surface area contributed by atoms with Crippen LogP contribution in [0, 0.1) is 12.7 Å². The summed E-state index contributed by atoms with van der Waals surface area (Å²) in [5, 5.41) is 3.95. The van der Waals surface area contributed by atoms with Gasteiger partial charge >= 0.3 is 0 Å². The van der Waals surface area contributed by atoms with Crippen molar-refractivity contribution < 1.29 is 13.7 Å². The van der Waals surface area contributed by atoms with E-state index in [4.69, 9.17) is 4.52 Å². The predicted molar refractivity (Wildman–Crippen MR) is 97.3 cm³/mol. The molecule has 27 heavy (non-hydrogen) atoms. The molecule has 1 aromatic carbocycles. The number of halogens is 1. The van der Waals surface area contributed by atoms with Gasteiger partial charge in [-0.1, -0.05) is 5.16 Å². The van der Waals surface area contributed by atoms with Gasteiger partial charge in [-0.2, -0.15) is 4.98 Å². The minimum absolute atomic E-state index is 0.0571. The number of amides is 1. The molecule has 6 nitrogen and oxygen atoms in total. The van der Waals surface area contributed by atoms with Gasteiger partial charge in [0.15, 0.2) is 0 Å². The summed E-state index contributed by atoms with van der Waals surface area (Å²) in [5.41, 5.74) is 2.37. The Balaban J connectivity index is 1.40. The van der Waals surface area contributed by atoms with Crippen molar-refractivity contribution >= 4 is 5.91 Å². The van der Waals surface area contributed by atoms with Gasteiger partial charge in [0.1, 0.15) is 5.82 Å². The minimum Gasteiger partial charge on any atom is -0.348 e. The van der Waals surface area contributed by atoms with E-state index in [0.29, 0.717) is 42.2 Å². The lowest BCUT2D eigenvalue weighted by Crippen LogP contribution is -2.40. The van der Waals surface area contributed by atoms with Gasteiger partial charge in [0.25, 0.3) is 0 Å². The standard InChI is InChI=1S/C20H21FN4O2/c1-13-12-15(5-6-16(13)21)20-22-18(27-23-20)7-8-19(26)25-11-10-24-9-3-4-17(24)14(25)2/h3-6,9,12,14H,7-8,10-11H2,1-2H3/t14-/m0/s1. The van der Waals surface area contributed by atoms with E-state index in [2.05, 4.69) is 20.8 Å². The van der Waals surface area contributed by atoms with Crippen molar-refractivity contribution in [3.05, 3.63) is 59.5 Å². The molecule has 1 aliphatic heterocycles. The van der Waals surface area contributed by atoms with Crippen molar-refractivity contribution in [3.63, 3.8) is 0 Å². The number of fused-ring (bicyclic) bond motifs is 1. The molecule has 0 radical (unpaired) electrons. The second-order valence-electron chi connectivity index (χ2n) is 6.87. The maximum Gasteiger partial charge on any atom is 0.227 e. The first-order chi connectivity index (χ1) is 13.0. The van der Waals surface area contributed by atoms with Gasteiger partial charge in [-0.15, -0.1) is 0 Å². The number of carbonyl (C=O) groups is 1. The average Bonchev–Trinajstić information content (AvgIpc) is 3.32. The third-order valence-electron chi connectivity index (χ3n) is 5.10. The van der Waals surface area contributed by atoms with Crippen molar-refractivity contribution in [1.29, 1.82) is 0 Å². The zero-order chi connectivity index (χ0) is 19.0. The molecule has 0 aliphatic carbocycles. The van der Waals surface area contributed by atoms with E-state index in [1.807, 2.05) is 24.1 Å². The molecule has 1 atom stereocenters. The molecule has 1 aliphatic rings. The number of hydrogen-bond acceptors (Lipinski definition) is 4. The molecule has 7 heteroatoms. The van der Waals surface area contributed by atoms with Crippen molar-refractivity contribution in [2.75, 3.05) is 6.54 Å². The molecule has 0 fully saturated rings. The van der Waals surface area contributed by atoms with E-state index in [1.165, 1.54) is 6.07 Å². The van der Waals surface area contributed by atoms with Crippen LogP contribution in [0.2, 0.25) is 0 Å². The monoisotopic (exact) mass is 368 g/mol. The number of nitrogens with zero attached hydrogens (tertiary/aromatic N) is 4. The van der Waals surface area contributed by atoms with Crippen LogP contribution in [0.25, 0.3) is 11.4 Å². The lowest BCUT2D eigenvalue weighted by molar-refractivity contribution is -0.134. The van der Waals surface area contributed by atoms with Crippen LogP contribution < -0.4 is 0 Å². The van der Waals surface area contributed by atoms with Crippen LogP contribution in [0.15, 0.2) is 41.1 Å². The molecule has 2 aromatic heterocycles. The van der Waals surface area contributed by atoms with E-state index in [0.717, 1.165) is 12.2 Å². The predicted octanol–water partition coefficient (Wildman–Crippen LogP) is 3.52. The van der Waals surface area contributed by atoms with Crippen molar-refractivity contribution in [2.45, 2.75) is 39.3 Å². The Kier molecular flexibility index (Phi) is 4.51. The Labute approximate surface area is 156 Å². The zero-order valence-electron chi connectivity index (χ0n) is 15.4. The van der Waals surface area contributed by atoms with Crippen LogP contribution in [-0.4, -0.2) is 32.1 Å². The summed E-state index contributed by atoms with van der Waals surface area (Å²) in [4.78, 5) is 18.9. The van der Waals surface area contributed by atoms with Crippen molar-refractivity contribution in [1.82, 2.24) is 19.6 Å². The molecular weight excluding hydrogens is 347 g/mol. The van der Waals surface area contributed by atoms with Crippen LogP contribution in [0.4, 0.5) is 4.39 Å². The fraction of sp³-hybridized carbons (Fsp3) is 0.350. The van der Waals surface area contributed by atoms with Crippen molar-refractivity contribution in [2.24, 2.45) is 0 Å². The summed E-state index contributed by atoms with van der Waals surface area (Å²) in [6, 6.07) is 8.81. The highest BCUT2D eigenvalue weighted by Gasteiger charge is 2.27. The largest absolute Gasteiger partial charge is 0.348 e. The van der Waals surface area contributed by atoms with E-state index in [9.17, 15) is 9.18 Å². The molecule has 140 valence electrons. The zero-order valence-corrected chi connectivity index (χ0v) is 15.4.